The number of rotatable bonds is 9. The van der Waals surface area contributed by atoms with Gasteiger partial charge in [0.1, 0.15) is 0 Å². The molecule has 16 heavy (non-hydrogen) atoms. The Bertz CT molecular complexity index is 200. The fourth-order valence-corrected chi connectivity index (χ4v) is 1.81. The van der Waals surface area contributed by atoms with E-state index in [9.17, 15) is 4.79 Å². The molecule has 94 valence electrons. The van der Waals surface area contributed by atoms with Gasteiger partial charge in [-0.25, -0.2) is 0 Å². The number of epoxide rings is 1. The summed E-state index contributed by atoms with van der Waals surface area (Å²) in [6, 6.07) is 0. The zero-order valence-electron chi connectivity index (χ0n) is 10.7. The second-order valence-corrected chi connectivity index (χ2v) is 4.90. The molecule has 1 aliphatic heterocycles. The van der Waals surface area contributed by atoms with Crippen LogP contribution >= 0.6 is 0 Å². The largest absolute Gasteiger partial charge is 0.373 e. The molecule has 0 radical (unpaired) electrons. The van der Waals surface area contributed by atoms with Gasteiger partial charge in [-0.3, -0.25) is 4.79 Å². The standard InChI is InChI=1S/C13H25NO2/c1-14(2)13(15)10-8-6-4-3-5-7-9-12-11-16-12/h12H,3-11H2,1-2H3. The van der Waals surface area contributed by atoms with Gasteiger partial charge in [0.2, 0.25) is 5.91 Å². The Morgan fingerprint density at radius 1 is 1.12 bits per heavy atom. The summed E-state index contributed by atoms with van der Waals surface area (Å²) in [5, 5.41) is 0. The molecule has 0 N–H and O–H groups in total. The van der Waals surface area contributed by atoms with Gasteiger partial charge in [0.25, 0.3) is 0 Å². The molecule has 1 aliphatic rings. The van der Waals surface area contributed by atoms with E-state index in [1.165, 1.54) is 38.5 Å². The van der Waals surface area contributed by atoms with Crippen molar-refractivity contribution in [3.05, 3.63) is 0 Å². The van der Waals surface area contributed by atoms with Crippen molar-refractivity contribution in [1.29, 1.82) is 0 Å². The summed E-state index contributed by atoms with van der Waals surface area (Å²) in [6.45, 7) is 0.993. The number of hydrogen-bond donors (Lipinski definition) is 0. The molecule has 1 rings (SSSR count). The Balaban J connectivity index is 1.75. The lowest BCUT2D eigenvalue weighted by atomic mass is 10.1. The van der Waals surface area contributed by atoms with Gasteiger partial charge >= 0.3 is 0 Å². The third kappa shape index (κ3) is 6.83. The first-order valence-electron chi connectivity index (χ1n) is 6.52. The lowest BCUT2D eigenvalue weighted by Crippen LogP contribution is -2.20. The van der Waals surface area contributed by atoms with E-state index in [-0.39, 0.29) is 5.91 Å². The summed E-state index contributed by atoms with van der Waals surface area (Å²) in [7, 11) is 3.64. The molecule has 0 aromatic carbocycles. The van der Waals surface area contributed by atoms with Crippen LogP contribution in [0.2, 0.25) is 0 Å². The van der Waals surface area contributed by atoms with E-state index in [1.807, 2.05) is 14.1 Å². The average Bonchev–Trinajstić information content (AvgIpc) is 3.05. The molecule has 0 bridgehead atoms. The van der Waals surface area contributed by atoms with E-state index < -0.39 is 0 Å². The minimum atomic E-state index is 0.255. The third-order valence-corrected chi connectivity index (χ3v) is 3.07. The Hall–Kier alpha value is -0.570. The quantitative estimate of drug-likeness (QED) is 0.448. The van der Waals surface area contributed by atoms with Gasteiger partial charge in [-0.2, -0.15) is 0 Å². The van der Waals surface area contributed by atoms with Gasteiger partial charge in [0, 0.05) is 20.5 Å². The van der Waals surface area contributed by atoms with Gasteiger partial charge in [-0.05, 0) is 12.8 Å². The predicted octanol–water partition coefficient (Wildman–Crippen LogP) is 2.59. The van der Waals surface area contributed by atoms with Crippen LogP contribution in [0.3, 0.4) is 0 Å². The van der Waals surface area contributed by atoms with Crippen LogP contribution in [0, 0.1) is 0 Å². The first-order chi connectivity index (χ1) is 7.70. The molecule has 1 heterocycles. The van der Waals surface area contributed by atoms with Gasteiger partial charge in [0.15, 0.2) is 0 Å². The van der Waals surface area contributed by atoms with Crippen LogP contribution < -0.4 is 0 Å². The normalized spacial score (nSPS) is 18.5. The van der Waals surface area contributed by atoms with Gasteiger partial charge in [-0.15, -0.1) is 0 Å². The molecule has 3 nitrogen and oxygen atoms in total. The number of amides is 1. The van der Waals surface area contributed by atoms with Crippen LogP contribution in [0.1, 0.15) is 51.4 Å². The lowest BCUT2D eigenvalue weighted by molar-refractivity contribution is -0.128. The monoisotopic (exact) mass is 227 g/mol. The van der Waals surface area contributed by atoms with Gasteiger partial charge in [0.05, 0.1) is 12.7 Å². The minimum Gasteiger partial charge on any atom is -0.373 e. The number of ether oxygens (including phenoxy) is 1. The number of nitrogens with zero attached hydrogens (tertiary/aromatic N) is 1. The maximum Gasteiger partial charge on any atom is 0.222 e. The van der Waals surface area contributed by atoms with Gasteiger partial charge in [-0.1, -0.05) is 32.1 Å². The number of carbonyl (C=O) groups is 1. The Morgan fingerprint density at radius 2 is 1.69 bits per heavy atom. The summed E-state index contributed by atoms with van der Waals surface area (Å²) in [6.07, 6.45) is 10.0. The Morgan fingerprint density at radius 3 is 2.25 bits per heavy atom. The maximum absolute atomic E-state index is 11.3. The molecule has 0 aliphatic carbocycles. The summed E-state index contributed by atoms with van der Waals surface area (Å²) >= 11 is 0. The van der Waals surface area contributed by atoms with Crippen molar-refractivity contribution in [2.45, 2.75) is 57.5 Å². The maximum atomic E-state index is 11.3. The van der Waals surface area contributed by atoms with Crippen molar-refractivity contribution in [3.8, 4) is 0 Å². The van der Waals surface area contributed by atoms with Crippen LogP contribution in [0.25, 0.3) is 0 Å². The van der Waals surface area contributed by atoms with E-state index in [0.29, 0.717) is 12.5 Å². The van der Waals surface area contributed by atoms with Crippen LogP contribution in [-0.2, 0) is 9.53 Å². The zero-order chi connectivity index (χ0) is 11.8. The number of unbranched alkanes of at least 4 members (excludes halogenated alkanes) is 5. The second-order valence-electron chi connectivity index (χ2n) is 4.90. The van der Waals surface area contributed by atoms with Crippen LogP contribution in [0.5, 0.6) is 0 Å². The zero-order valence-corrected chi connectivity index (χ0v) is 10.7. The smallest absolute Gasteiger partial charge is 0.222 e. The first kappa shape index (κ1) is 13.5. The summed E-state index contributed by atoms with van der Waals surface area (Å²) in [4.78, 5) is 12.9. The van der Waals surface area contributed by atoms with Crippen molar-refractivity contribution in [2.75, 3.05) is 20.7 Å². The van der Waals surface area contributed by atoms with E-state index in [0.717, 1.165) is 13.0 Å². The van der Waals surface area contributed by atoms with Crippen LogP contribution in [0.15, 0.2) is 0 Å². The SMILES string of the molecule is CN(C)C(=O)CCCCCCCCC1CO1. The second kappa shape index (κ2) is 7.66. The van der Waals surface area contributed by atoms with Gasteiger partial charge < -0.3 is 9.64 Å². The molecule has 0 aromatic rings. The fraction of sp³-hybridized carbons (Fsp3) is 0.923. The highest BCUT2D eigenvalue weighted by molar-refractivity contribution is 5.75. The third-order valence-electron chi connectivity index (χ3n) is 3.07. The number of carbonyl (C=O) groups excluding carboxylic acids is 1. The molecule has 1 unspecified atom stereocenters. The molecule has 1 saturated heterocycles. The van der Waals surface area contributed by atoms with Crippen molar-refractivity contribution in [3.63, 3.8) is 0 Å². The van der Waals surface area contributed by atoms with Crippen LogP contribution in [0.4, 0.5) is 0 Å². The highest BCUT2D eigenvalue weighted by Gasteiger charge is 2.20. The molecule has 0 saturated carbocycles. The summed E-state index contributed by atoms with van der Waals surface area (Å²) < 4.78 is 5.16. The molecule has 3 heteroatoms. The molecule has 0 aromatic heterocycles. The van der Waals surface area contributed by atoms with Crippen molar-refractivity contribution in [1.82, 2.24) is 4.90 Å². The van der Waals surface area contributed by atoms with E-state index in [4.69, 9.17) is 4.74 Å². The molecule has 0 spiro atoms. The molecule has 1 amide bonds. The van der Waals surface area contributed by atoms with Crippen molar-refractivity contribution >= 4 is 5.91 Å². The summed E-state index contributed by atoms with van der Waals surface area (Å²) in [5.41, 5.74) is 0. The first-order valence-corrected chi connectivity index (χ1v) is 6.52. The van der Waals surface area contributed by atoms with E-state index >= 15 is 0 Å². The minimum absolute atomic E-state index is 0.255. The molecule has 1 fully saturated rings. The highest BCUT2D eigenvalue weighted by atomic mass is 16.6. The topological polar surface area (TPSA) is 32.8 Å². The van der Waals surface area contributed by atoms with Crippen molar-refractivity contribution < 1.29 is 9.53 Å². The number of hydrogen-bond acceptors (Lipinski definition) is 2. The van der Waals surface area contributed by atoms with E-state index in [1.54, 1.807) is 4.90 Å². The Kier molecular flexibility index (Phi) is 6.46. The fourth-order valence-electron chi connectivity index (χ4n) is 1.81. The predicted molar refractivity (Wildman–Crippen MR) is 65.4 cm³/mol. The average molecular weight is 227 g/mol. The highest BCUT2D eigenvalue weighted by Crippen LogP contribution is 2.18. The Labute approximate surface area is 99.1 Å². The summed E-state index contributed by atoms with van der Waals surface area (Å²) in [5.74, 6) is 0.255. The molecular weight excluding hydrogens is 202 g/mol. The van der Waals surface area contributed by atoms with Crippen molar-refractivity contribution in [2.24, 2.45) is 0 Å². The molecular formula is C13H25NO2. The lowest BCUT2D eigenvalue weighted by Gasteiger charge is -2.09. The van der Waals surface area contributed by atoms with E-state index in [2.05, 4.69) is 0 Å². The van der Waals surface area contributed by atoms with Crippen LogP contribution in [-0.4, -0.2) is 37.6 Å². The molecule has 1 atom stereocenters.